The van der Waals surface area contributed by atoms with Gasteiger partial charge in [-0.1, -0.05) is 27.5 Å². The van der Waals surface area contributed by atoms with Gasteiger partial charge >= 0.3 is 0 Å². The van der Waals surface area contributed by atoms with Crippen LogP contribution in [-0.2, 0) is 0 Å². The number of pyridine rings is 1. The Morgan fingerprint density at radius 3 is 2.88 bits per heavy atom. The van der Waals surface area contributed by atoms with Gasteiger partial charge in [0.25, 0.3) is 0 Å². The first-order valence-corrected chi connectivity index (χ1v) is 6.38. The van der Waals surface area contributed by atoms with E-state index in [0.29, 0.717) is 16.3 Å². The SMILES string of the molecule is COc1cc2ncc(Cl)cc2cc1C(=O)CBr. The second kappa shape index (κ2) is 5.02. The Hall–Kier alpha value is -1.13. The fraction of sp³-hybridized carbons (Fsp3) is 0.167. The molecule has 0 aliphatic carbocycles. The summed E-state index contributed by atoms with van der Waals surface area (Å²) in [5.74, 6) is 0.487. The molecule has 0 atom stereocenters. The van der Waals surface area contributed by atoms with Gasteiger partial charge in [0, 0.05) is 17.6 Å². The normalized spacial score (nSPS) is 10.5. The van der Waals surface area contributed by atoms with Crippen LogP contribution in [0.5, 0.6) is 5.75 Å². The topological polar surface area (TPSA) is 39.2 Å². The molecule has 0 bridgehead atoms. The summed E-state index contributed by atoms with van der Waals surface area (Å²) in [4.78, 5) is 15.9. The van der Waals surface area contributed by atoms with E-state index in [1.54, 1.807) is 24.4 Å². The van der Waals surface area contributed by atoms with Crippen LogP contribution in [-0.4, -0.2) is 23.2 Å². The summed E-state index contributed by atoms with van der Waals surface area (Å²) in [7, 11) is 1.53. The standard InChI is InChI=1S/C12H9BrClNO2/c1-17-12-4-10-7(2-8(14)6-15-10)3-9(12)11(16)5-13/h2-4,6H,5H2,1H3. The number of hydrogen-bond acceptors (Lipinski definition) is 3. The minimum absolute atomic E-state index is 0.0382. The van der Waals surface area contributed by atoms with Gasteiger partial charge in [-0.2, -0.15) is 0 Å². The van der Waals surface area contributed by atoms with Gasteiger partial charge in [-0.05, 0) is 12.1 Å². The summed E-state index contributed by atoms with van der Waals surface area (Å²) in [5.41, 5.74) is 1.28. The van der Waals surface area contributed by atoms with Gasteiger partial charge in [-0.3, -0.25) is 9.78 Å². The summed E-state index contributed by atoms with van der Waals surface area (Å²) < 4.78 is 5.19. The molecule has 0 spiro atoms. The fourth-order valence-electron chi connectivity index (χ4n) is 1.59. The highest BCUT2D eigenvalue weighted by atomic mass is 79.9. The van der Waals surface area contributed by atoms with Crippen molar-refractivity contribution >= 4 is 44.2 Å². The lowest BCUT2D eigenvalue weighted by Gasteiger charge is -2.08. The zero-order valence-corrected chi connectivity index (χ0v) is 11.4. The van der Waals surface area contributed by atoms with Crippen molar-refractivity contribution in [1.29, 1.82) is 0 Å². The van der Waals surface area contributed by atoms with Crippen molar-refractivity contribution in [1.82, 2.24) is 4.98 Å². The molecule has 1 aromatic heterocycles. The number of rotatable bonds is 3. The number of ether oxygens (including phenoxy) is 1. The first-order chi connectivity index (χ1) is 8.15. The van der Waals surface area contributed by atoms with Crippen molar-refractivity contribution in [3.63, 3.8) is 0 Å². The highest BCUT2D eigenvalue weighted by Gasteiger charge is 2.13. The van der Waals surface area contributed by atoms with Crippen molar-refractivity contribution in [3.05, 3.63) is 35.0 Å². The van der Waals surface area contributed by atoms with E-state index in [0.717, 1.165) is 10.9 Å². The number of aromatic nitrogens is 1. The van der Waals surface area contributed by atoms with Gasteiger partial charge in [-0.15, -0.1) is 0 Å². The smallest absolute Gasteiger partial charge is 0.177 e. The third kappa shape index (κ3) is 2.42. The summed E-state index contributed by atoms with van der Waals surface area (Å²) in [6, 6.07) is 5.26. The molecule has 0 aliphatic heterocycles. The number of halogens is 2. The largest absolute Gasteiger partial charge is 0.496 e. The Morgan fingerprint density at radius 1 is 1.47 bits per heavy atom. The molecule has 0 radical (unpaired) electrons. The van der Waals surface area contributed by atoms with E-state index < -0.39 is 0 Å². The number of carbonyl (C=O) groups is 1. The average molecular weight is 315 g/mol. The molecule has 0 saturated heterocycles. The lowest BCUT2D eigenvalue weighted by Crippen LogP contribution is -2.03. The van der Waals surface area contributed by atoms with Crippen LogP contribution in [0.3, 0.4) is 0 Å². The van der Waals surface area contributed by atoms with Gasteiger partial charge in [0.15, 0.2) is 5.78 Å². The summed E-state index contributed by atoms with van der Waals surface area (Å²) >= 11 is 9.02. The molecule has 2 rings (SSSR count). The Balaban J connectivity index is 2.69. The van der Waals surface area contributed by atoms with Crippen LogP contribution in [0.1, 0.15) is 10.4 Å². The third-order valence-electron chi connectivity index (χ3n) is 2.39. The molecule has 17 heavy (non-hydrogen) atoms. The lowest BCUT2D eigenvalue weighted by molar-refractivity contribution is 0.102. The molecule has 2 aromatic rings. The average Bonchev–Trinajstić information content (AvgIpc) is 2.36. The molecule has 1 aromatic carbocycles. The molecular weight excluding hydrogens is 305 g/mol. The number of fused-ring (bicyclic) bond motifs is 1. The van der Waals surface area contributed by atoms with Crippen molar-refractivity contribution in [3.8, 4) is 5.75 Å². The number of ketones is 1. The van der Waals surface area contributed by atoms with E-state index in [-0.39, 0.29) is 11.1 Å². The molecule has 0 amide bonds. The van der Waals surface area contributed by atoms with E-state index >= 15 is 0 Å². The van der Waals surface area contributed by atoms with Crippen molar-refractivity contribution < 1.29 is 9.53 Å². The van der Waals surface area contributed by atoms with Crippen molar-refractivity contribution in [2.24, 2.45) is 0 Å². The second-order valence-electron chi connectivity index (χ2n) is 3.46. The van der Waals surface area contributed by atoms with E-state index in [1.165, 1.54) is 7.11 Å². The van der Waals surface area contributed by atoms with E-state index in [4.69, 9.17) is 16.3 Å². The van der Waals surface area contributed by atoms with Crippen LogP contribution < -0.4 is 4.74 Å². The monoisotopic (exact) mass is 313 g/mol. The van der Waals surface area contributed by atoms with Crippen LogP contribution in [0, 0.1) is 0 Å². The van der Waals surface area contributed by atoms with Crippen LogP contribution >= 0.6 is 27.5 Å². The second-order valence-corrected chi connectivity index (χ2v) is 4.45. The third-order valence-corrected chi connectivity index (χ3v) is 3.11. The van der Waals surface area contributed by atoms with Crippen LogP contribution in [0.2, 0.25) is 5.02 Å². The first-order valence-electron chi connectivity index (χ1n) is 4.88. The maximum atomic E-state index is 11.7. The van der Waals surface area contributed by atoms with Crippen molar-refractivity contribution in [2.75, 3.05) is 12.4 Å². The highest BCUT2D eigenvalue weighted by Crippen LogP contribution is 2.27. The zero-order chi connectivity index (χ0) is 12.4. The fourth-order valence-corrected chi connectivity index (χ4v) is 2.06. The molecule has 5 heteroatoms. The number of nitrogens with zero attached hydrogens (tertiary/aromatic N) is 1. The Bertz CT molecular complexity index is 586. The molecule has 0 saturated carbocycles. The number of methoxy groups -OCH3 is 1. The molecule has 0 aliphatic rings. The molecule has 0 unspecified atom stereocenters. The van der Waals surface area contributed by atoms with E-state index in [2.05, 4.69) is 20.9 Å². The number of alkyl halides is 1. The maximum absolute atomic E-state index is 11.7. The summed E-state index contributed by atoms with van der Waals surface area (Å²) in [6.07, 6.45) is 1.56. The summed E-state index contributed by atoms with van der Waals surface area (Å²) in [5, 5.41) is 1.62. The van der Waals surface area contributed by atoms with Crippen molar-refractivity contribution in [2.45, 2.75) is 0 Å². The lowest BCUT2D eigenvalue weighted by atomic mass is 10.1. The minimum atomic E-state index is -0.0382. The number of benzene rings is 1. The zero-order valence-electron chi connectivity index (χ0n) is 9.04. The van der Waals surface area contributed by atoms with Crippen LogP contribution in [0.4, 0.5) is 0 Å². The van der Waals surface area contributed by atoms with Crippen LogP contribution in [0.15, 0.2) is 24.4 Å². The van der Waals surface area contributed by atoms with E-state index in [1.807, 2.05) is 0 Å². The van der Waals surface area contributed by atoms with Crippen LogP contribution in [0.25, 0.3) is 10.9 Å². The van der Waals surface area contributed by atoms with E-state index in [9.17, 15) is 4.79 Å². The Kier molecular flexibility index (Phi) is 3.64. The number of carbonyl (C=O) groups excluding carboxylic acids is 1. The quantitative estimate of drug-likeness (QED) is 0.643. The first kappa shape index (κ1) is 12.3. The Labute approximate surface area is 112 Å². The molecule has 88 valence electrons. The minimum Gasteiger partial charge on any atom is -0.496 e. The highest BCUT2D eigenvalue weighted by molar-refractivity contribution is 9.09. The molecule has 3 nitrogen and oxygen atoms in total. The maximum Gasteiger partial charge on any atom is 0.177 e. The number of hydrogen-bond donors (Lipinski definition) is 0. The van der Waals surface area contributed by atoms with Gasteiger partial charge in [-0.25, -0.2) is 0 Å². The molecule has 1 heterocycles. The molecule has 0 fully saturated rings. The molecular formula is C12H9BrClNO2. The molecule has 0 N–H and O–H groups in total. The van der Waals surface area contributed by atoms with Gasteiger partial charge in [0.1, 0.15) is 5.75 Å². The summed E-state index contributed by atoms with van der Waals surface area (Å²) in [6.45, 7) is 0. The van der Waals surface area contributed by atoms with Gasteiger partial charge in [0.2, 0.25) is 0 Å². The number of Topliss-reactive ketones (excluding diaryl/α,β-unsaturated/α-hetero) is 1. The Morgan fingerprint density at radius 2 is 2.24 bits per heavy atom. The predicted molar refractivity (Wildman–Crippen MR) is 71.4 cm³/mol. The van der Waals surface area contributed by atoms with Gasteiger partial charge in [0.05, 0.1) is 28.5 Å². The predicted octanol–water partition coefficient (Wildman–Crippen LogP) is 3.47. The van der Waals surface area contributed by atoms with Gasteiger partial charge < -0.3 is 4.74 Å².